The van der Waals surface area contributed by atoms with Gasteiger partial charge in [-0.1, -0.05) is 39.0 Å². The quantitative estimate of drug-likeness (QED) is 0.543. The van der Waals surface area contributed by atoms with Crippen LogP contribution in [0.3, 0.4) is 0 Å². The number of rotatable bonds is 5. The minimum atomic E-state index is -3.90. The molecule has 0 aliphatic heterocycles. The molecule has 0 aliphatic rings. The normalized spacial score (nSPS) is 12.0. The lowest BCUT2D eigenvalue weighted by Crippen LogP contribution is -2.15. The molecule has 7 heteroatoms. The first-order valence-electron chi connectivity index (χ1n) is 9.25. The number of nitrogens with zero attached hydrogens (tertiary/aromatic N) is 1. The van der Waals surface area contributed by atoms with E-state index in [0.29, 0.717) is 0 Å². The average Bonchev–Trinajstić information content (AvgIpc) is 2.70. The first-order chi connectivity index (χ1) is 14.0. The molecule has 0 saturated carbocycles. The molecule has 1 aromatic heterocycles. The van der Waals surface area contributed by atoms with Gasteiger partial charge in [-0.3, -0.25) is 9.78 Å². The number of ketones is 1. The highest BCUT2D eigenvalue weighted by atomic mass is 32.2. The van der Waals surface area contributed by atoms with Crippen molar-refractivity contribution in [2.24, 2.45) is 0 Å². The Morgan fingerprint density at radius 2 is 1.53 bits per heavy atom. The van der Waals surface area contributed by atoms with E-state index in [1.165, 1.54) is 36.7 Å². The third-order valence-corrected chi connectivity index (χ3v) is 6.46. The number of hydrogen-bond acceptors (Lipinski definition) is 4. The number of halogens is 2. The van der Waals surface area contributed by atoms with Gasteiger partial charge in [0, 0.05) is 18.0 Å². The highest BCUT2D eigenvalue weighted by Gasteiger charge is 2.26. The van der Waals surface area contributed by atoms with Crippen molar-refractivity contribution < 1.29 is 22.0 Å². The van der Waals surface area contributed by atoms with Gasteiger partial charge in [-0.15, -0.1) is 0 Å². The fourth-order valence-corrected chi connectivity index (χ4v) is 4.42. The van der Waals surface area contributed by atoms with Crippen LogP contribution >= 0.6 is 0 Å². The topological polar surface area (TPSA) is 64.1 Å². The monoisotopic (exact) mass is 429 g/mol. The van der Waals surface area contributed by atoms with Gasteiger partial charge in [0.15, 0.2) is 27.3 Å². The number of carbonyl (C=O) groups is 1. The number of hydrogen-bond donors (Lipinski definition) is 0. The van der Waals surface area contributed by atoms with E-state index in [1.54, 1.807) is 12.1 Å². The van der Waals surface area contributed by atoms with Gasteiger partial charge in [-0.25, -0.2) is 17.2 Å². The van der Waals surface area contributed by atoms with Crippen LogP contribution in [0.1, 0.15) is 47.8 Å². The zero-order chi connectivity index (χ0) is 22.1. The van der Waals surface area contributed by atoms with E-state index in [9.17, 15) is 22.0 Å². The molecular formula is C23H21F2NO3S. The van der Waals surface area contributed by atoms with Gasteiger partial charge in [0.2, 0.25) is 0 Å². The molecular weight excluding hydrogens is 408 g/mol. The summed E-state index contributed by atoms with van der Waals surface area (Å²) in [6.07, 6.45) is 2.69. The van der Waals surface area contributed by atoms with Crippen LogP contribution in [-0.2, 0) is 21.0 Å². The highest BCUT2D eigenvalue weighted by Crippen LogP contribution is 2.27. The van der Waals surface area contributed by atoms with E-state index >= 15 is 0 Å². The molecule has 0 spiro atoms. The van der Waals surface area contributed by atoms with Crippen molar-refractivity contribution >= 4 is 15.6 Å². The van der Waals surface area contributed by atoms with Crippen LogP contribution in [0.5, 0.6) is 0 Å². The predicted molar refractivity (Wildman–Crippen MR) is 110 cm³/mol. The number of aromatic nitrogens is 1. The first-order valence-corrected chi connectivity index (χ1v) is 10.9. The maximum atomic E-state index is 14.6. The Kier molecular flexibility index (Phi) is 5.85. The van der Waals surface area contributed by atoms with Crippen LogP contribution in [0.25, 0.3) is 0 Å². The van der Waals surface area contributed by atoms with Crippen LogP contribution < -0.4 is 0 Å². The Labute approximate surface area is 174 Å². The van der Waals surface area contributed by atoms with Gasteiger partial charge >= 0.3 is 0 Å². The van der Waals surface area contributed by atoms with Gasteiger partial charge in [-0.05, 0) is 46.9 Å². The average molecular weight is 429 g/mol. The molecule has 0 N–H and O–H groups in total. The largest absolute Gasteiger partial charge is 0.288 e. The third kappa shape index (κ3) is 4.46. The standard InChI is InChI=1S/C23H21F2NO3S/c1-23(2,3)17-5-7-18(8-6-17)30(28,29)14-16-4-9-19(24)21(25)20(16)22(27)15-10-12-26-13-11-15/h4-13H,14H2,1-3H3. The lowest BCUT2D eigenvalue weighted by Gasteiger charge is -2.19. The minimum absolute atomic E-state index is 0.0440. The molecule has 1 heterocycles. The summed E-state index contributed by atoms with van der Waals surface area (Å²) in [4.78, 5) is 16.6. The summed E-state index contributed by atoms with van der Waals surface area (Å²) in [7, 11) is -3.90. The van der Waals surface area contributed by atoms with E-state index in [4.69, 9.17) is 0 Å². The van der Waals surface area contributed by atoms with Crippen molar-refractivity contribution in [1.82, 2.24) is 4.98 Å². The summed E-state index contributed by atoms with van der Waals surface area (Å²) in [6, 6.07) is 11.1. The molecule has 0 radical (unpaired) electrons. The molecule has 2 aromatic carbocycles. The Morgan fingerprint density at radius 1 is 0.933 bits per heavy atom. The van der Waals surface area contributed by atoms with Crippen molar-refractivity contribution in [3.8, 4) is 0 Å². The SMILES string of the molecule is CC(C)(C)c1ccc(S(=O)(=O)Cc2ccc(F)c(F)c2C(=O)c2ccncc2)cc1. The molecule has 3 aromatic rings. The fraction of sp³-hybridized carbons (Fsp3) is 0.217. The molecule has 3 rings (SSSR count). The molecule has 0 amide bonds. The number of pyridine rings is 1. The van der Waals surface area contributed by atoms with Crippen molar-refractivity contribution in [2.75, 3.05) is 0 Å². The highest BCUT2D eigenvalue weighted by molar-refractivity contribution is 7.90. The van der Waals surface area contributed by atoms with Crippen molar-refractivity contribution in [1.29, 1.82) is 0 Å². The van der Waals surface area contributed by atoms with E-state index in [0.717, 1.165) is 17.7 Å². The summed E-state index contributed by atoms with van der Waals surface area (Å²) < 4.78 is 54.3. The van der Waals surface area contributed by atoms with Gasteiger partial charge in [-0.2, -0.15) is 0 Å². The van der Waals surface area contributed by atoms with E-state index in [2.05, 4.69) is 4.98 Å². The van der Waals surface area contributed by atoms with Gasteiger partial charge in [0.05, 0.1) is 16.2 Å². The molecule has 0 aliphatic carbocycles. The zero-order valence-electron chi connectivity index (χ0n) is 16.8. The summed E-state index contributed by atoms with van der Waals surface area (Å²) in [6.45, 7) is 6.03. The van der Waals surface area contributed by atoms with Crippen LogP contribution in [0.4, 0.5) is 8.78 Å². The van der Waals surface area contributed by atoms with E-state index in [-0.39, 0.29) is 21.4 Å². The maximum Gasteiger partial charge on any atom is 0.196 e. The van der Waals surface area contributed by atoms with Crippen LogP contribution in [-0.4, -0.2) is 19.2 Å². The van der Waals surface area contributed by atoms with Crippen molar-refractivity contribution in [2.45, 2.75) is 36.8 Å². The number of benzene rings is 2. The molecule has 0 saturated heterocycles. The lowest BCUT2D eigenvalue weighted by atomic mass is 9.87. The molecule has 0 atom stereocenters. The molecule has 156 valence electrons. The van der Waals surface area contributed by atoms with Crippen LogP contribution in [0.2, 0.25) is 0 Å². The second-order valence-corrected chi connectivity index (χ2v) is 9.98. The summed E-state index contributed by atoms with van der Waals surface area (Å²) >= 11 is 0. The summed E-state index contributed by atoms with van der Waals surface area (Å²) in [5.74, 6) is -4.02. The zero-order valence-corrected chi connectivity index (χ0v) is 17.6. The van der Waals surface area contributed by atoms with E-state index < -0.39 is 38.6 Å². The Hall–Kier alpha value is -2.93. The Balaban J connectivity index is 2.02. The Bertz CT molecular complexity index is 1180. The van der Waals surface area contributed by atoms with Gasteiger partial charge in [0.1, 0.15) is 0 Å². The molecule has 0 fully saturated rings. The maximum absolute atomic E-state index is 14.6. The van der Waals surface area contributed by atoms with Crippen molar-refractivity contribution in [3.05, 3.63) is 94.8 Å². The Morgan fingerprint density at radius 3 is 2.10 bits per heavy atom. The molecule has 0 unspecified atom stereocenters. The second kappa shape index (κ2) is 8.07. The predicted octanol–water partition coefficient (Wildman–Crippen LogP) is 4.86. The summed E-state index contributed by atoms with van der Waals surface area (Å²) in [5, 5.41) is 0. The smallest absolute Gasteiger partial charge is 0.196 e. The lowest BCUT2D eigenvalue weighted by molar-refractivity contribution is 0.103. The second-order valence-electron chi connectivity index (χ2n) is 7.99. The number of carbonyl (C=O) groups excluding carboxylic acids is 1. The molecule has 0 bridgehead atoms. The molecule has 4 nitrogen and oxygen atoms in total. The fourth-order valence-electron chi connectivity index (χ4n) is 3.05. The minimum Gasteiger partial charge on any atom is -0.288 e. The van der Waals surface area contributed by atoms with Gasteiger partial charge in [0.25, 0.3) is 0 Å². The van der Waals surface area contributed by atoms with E-state index in [1.807, 2.05) is 20.8 Å². The van der Waals surface area contributed by atoms with Crippen molar-refractivity contribution in [3.63, 3.8) is 0 Å². The third-order valence-electron chi connectivity index (χ3n) is 4.78. The molecule has 30 heavy (non-hydrogen) atoms. The van der Waals surface area contributed by atoms with Gasteiger partial charge < -0.3 is 0 Å². The van der Waals surface area contributed by atoms with Crippen LogP contribution in [0, 0.1) is 11.6 Å². The number of sulfone groups is 1. The van der Waals surface area contributed by atoms with Crippen LogP contribution in [0.15, 0.2) is 65.8 Å². The summed E-state index contributed by atoms with van der Waals surface area (Å²) in [5.41, 5.74) is 0.212. The first kappa shape index (κ1) is 21.8.